The van der Waals surface area contributed by atoms with Crippen molar-refractivity contribution >= 4 is 36.0 Å². The summed E-state index contributed by atoms with van der Waals surface area (Å²) in [7, 11) is 0. The van der Waals surface area contributed by atoms with Gasteiger partial charge in [0.05, 0.1) is 22.3 Å². The van der Waals surface area contributed by atoms with E-state index in [1.165, 1.54) is 0 Å². The van der Waals surface area contributed by atoms with Crippen molar-refractivity contribution in [2.45, 2.75) is 159 Å². The summed E-state index contributed by atoms with van der Waals surface area (Å²) >= 11 is 0. The zero-order valence-corrected chi connectivity index (χ0v) is 32.6. The lowest BCUT2D eigenvalue weighted by Gasteiger charge is -2.40. The molecule has 8 nitrogen and oxygen atoms in total. The third kappa shape index (κ3) is 9.35. The van der Waals surface area contributed by atoms with Crippen LogP contribution in [0.25, 0.3) is 12.2 Å². The number of hydrogen-bond donors (Lipinski definition) is 0. The molecule has 2 aromatic carbocycles. The molecule has 0 spiro atoms. The Morgan fingerprint density at radius 3 is 1.57 bits per heavy atom. The summed E-state index contributed by atoms with van der Waals surface area (Å²) in [4.78, 5) is 54.3. The molecule has 8 heteroatoms. The molecule has 0 saturated heterocycles. The predicted molar refractivity (Wildman–Crippen MR) is 209 cm³/mol. The predicted octanol–water partition coefficient (Wildman–Crippen LogP) is 11.0. The molecule has 0 heterocycles. The second-order valence-corrected chi connectivity index (χ2v) is 17.3. The SMILES string of the molecule is C=Cc1cc(C(=O)OC2(C)CCCC2)cc(C(=O)OC2(CC3CCC(C)(OC(=O)c4ccc(C=C)cc4C(=O)OC4(C)CCCCC4)CC3)CCCC2)c1. The second kappa shape index (κ2) is 16.3. The van der Waals surface area contributed by atoms with E-state index in [2.05, 4.69) is 13.2 Å². The standard InChI is InChI=1S/C46H58O8/c1-6-32-15-16-37(38(29-32)42(50)53-44(4)19-9-8-10-20-44)41(49)52-45(5)25-17-34(18-26-45)31-46(23-13-14-24-46)54-40(48)36-28-33(7-2)27-35(30-36)39(47)51-43(3)21-11-12-22-43/h6-7,15-16,27-30,34H,1-2,8-14,17-26,31H2,3-5H3. The van der Waals surface area contributed by atoms with Crippen molar-refractivity contribution in [2.75, 3.05) is 0 Å². The number of benzene rings is 2. The summed E-state index contributed by atoms with van der Waals surface area (Å²) in [6, 6.07) is 10.1. The molecule has 54 heavy (non-hydrogen) atoms. The lowest BCUT2D eigenvalue weighted by molar-refractivity contribution is -0.0540. The maximum atomic E-state index is 13.8. The average Bonchev–Trinajstić information content (AvgIpc) is 3.80. The van der Waals surface area contributed by atoms with Gasteiger partial charge in [-0.3, -0.25) is 0 Å². The van der Waals surface area contributed by atoms with Crippen LogP contribution in [0.2, 0.25) is 0 Å². The van der Waals surface area contributed by atoms with E-state index in [-0.39, 0.29) is 17.0 Å². The third-order valence-corrected chi connectivity index (χ3v) is 12.6. The number of hydrogen-bond acceptors (Lipinski definition) is 8. The molecule has 290 valence electrons. The molecule has 0 amide bonds. The van der Waals surface area contributed by atoms with Crippen LogP contribution in [0.1, 0.15) is 189 Å². The van der Waals surface area contributed by atoms with Gasteiger partial charge in [-0.15, -0.1) is 0 Å². The molecule has 4 aliphatic carbocycles. The molecule has 4 saturated carbocycles. The highest BCUT2D eigenvalue weighted by molar-refractivity contribution is 6.04. The van der Waals surface area contributed by atoms with Gasteiger partial charge in [-0.2, -0.15) is 0 Å². The van der Waals surface area contributed by atoms with Crippen LogP contribution in [0.3, 0.4) is 0 Å². The van der Waals surface area contributed by atoms with Crippen LogP contribution in [0.15, 0.2) is 49.6 Å². The van der Waals surface area contributed by atoms with Crippen LogP contribution in [-0.2, 0) is 18.9 Å². The molecule has 0 N–H and O–H groups in total. The van der Waals surface area contributed by atoms with E-state index in [1.54, 1.807) is 48.6 Å². The zero-order valence-electron chi connectivity index (χ0n) is 32.6. The second-order valence-electron chi connectivity index (χ2n) is 17.3. The molecular formula is C46H58O8. The summed E-state index contributed by atoms with van der Waals surface area (Å²) in [6.07, 6.45) is 19.0. The van der Waals surface area contributed by atoms with Gasteiger partial charge in [0.15, 0.2) is 0 Å². The van der Waals surface area contributed by atoms with Crippen LogP contribution in [0.5, 0.6) is 0 Å². The van der Waals surface area contributed by atoms with Gasteiger partial charge in [-0.25, -0.2) is 19.2 Å². The Kier molecular flexibility index (Phi) is 11.9. The molecule has 0 radical (unpaired) electrons. The minimum atomic E-state index is -0.702. The number of carbonyl (C=O) groups excluding carboxylic acids is 4. The fourth-order valence-corrected chi connectivity index (χ4v) is 9.25. The molecule has 2 aromatic rings. The van der Waals surface area contributed by atoms with Crippen molar-refractivity contribution in [2.24, 2.45) is 5.92 Å². The first-order chi connectivity index (χ1) is 25.7. The van der Waals surface area contributed by atoms with Gasteiger partial charge in [-0.1, -0.05) is 37.8 Å². The van der Waals surface area contributed by atoms with Gasteiger partial charge in [0.2, 0.25) is 0 Å². The molecule has 0 bridgehead atoms. The minimum absolute atomic E-state index is 0.204. The van der Waals surface area contributed by atoms with E-state index in [0.29, 0.717) is 29.5 Å². The highest BCUT2D eigenvalue weighted by Gasteiger charge is 2.44. The van der Waals surface area contributed by atoms with Crippen LogP contribution in [0.4, 0.5) is 0 Å². The first-order valence-electron chi connectivity index (χ1n) is 20.2. The van der Waals surface area contributed by atoms with Crippen molar-refractivity contribution < 1.29 is 38.1 Å². The number of carbonyl (C=O) groups is 4. The molecule has 4 aliphatic rings. The Labute approximate surface area is 321 Å². The highest BCUT2D eigenvalue weighted by Crippen LogP contribution is 2.45. The van der Waals surface area contributed by atoms with Crippen LogP contribution in [-0.4, -0.2) is 46.3 Å². The Bertz CT molecular complexity index is 1740. The summed E-state index contributed by atoms with van der Waals surface area (Å²) < 4.78 is 24.6. The van der Waals surface area contributed by atoms with E-state index in [0.717, 1.165) is 108 Å². The maximum Gasteiger partial charge on any atom is 0.339 e. The molecule has 4 fully saturated rings. The monoisotopic (exact) mass is 738 g/mol. The van der Waals surface area contributed by atoms with Gasteiger partial charge in [-0.05, 0) is 177 Å². The maximum absolute atomic E-state index is 13.8. The van der Waals surface area contributed by atoms with Crippen molar-refractivity contribution in [3.05, 3.63) is 82.9 Å². The fourth-order valence-electron chi connectivity index (χ4n) is 9.25. The van der Waals surface area contributed by atoms with E-state index < -0.39 is 46.3 Å². The van der Waals surface area contributed by atoms with Crippen molar-refractivity contribution in [3.63, 3.8) is 0 Å². The molecular weight excluding hydrogens is 680 g/mol. The van der Waals surface area contributed by atoms with Crippen LogP contribution < -0.4 is 0 Å². The van der Waals surface area contributed by atoms with Gasteiger partial charge in [0.25, 0.3) is 0 Å². The van der Waals surface area contributed by atoms with Crippen molar-refractivity contribution in [1.29, 1.82) is 0 Å². The van der Waals surface area contributed by atoms with Crippen molar-refractivity contribution in [3.8, 4) is 0 Å². The topological polar surface area (TPSA) is 105 Å². The van der Waals surface area contributed by atoms with Crippen LogP contribution in [0, 0.1) is 5.92 Å². The summed E-state index contributed by atoms with van der Waals surface area (Å²) in [5.41, 5.74) is 0.126. The lowest BCUT2D eigenvalue weighted by Crippen LogP contribution is -2.40. The lowest BCUT2D eigenvalue weighted by atomic mass is 9.74. The fraction of sp³-hybridized carbons (Fsp3) is 0.565. The first-order valence-corrected chi connectivity index (χ1v) is 20.2. The van der Waals surface area contributed by atoms with Gasteiger partial charge in [0, 0.05) is 0 Å². The molecule has 6 rings (SSSR count). The highest BCUT2D eigenvalue weighted by atomic mass is 16.6. The number of ether oxygens (including phenoxy) is 4. The molecule has 0 aliphatic heterocycles. The Balaban J connectivity index is 1.09. The Hall–Kier alpha value is -4.20. The normalized spacial score (nSPS) is 24.2. The molecule has 0 aromatic heterocycles. The molecule has 0 atom stereocenters. The average molecular weight is 739 g/mol. The largest absolute Gasteiger partial charge is 0.456 e. The first kappa shape index (κ1) is 39.5. The summed E-state index contributed by atoms with van der Waals surface area (Å²) in [6.45, 7) is 13.6. The van der Waals surface area contributed by atoms with E-state index in [9.17, 15) is 19.2 Å². The minimum Gasteiger partial charge on any atom is -0.456 e. The summed E-state index contributed by atoms with van der Waals surface area (Å²) in [5.74, 6) is -1.63. The number of rotatable bonds is 12. The zero-order chi connectivity index (χ0) is 38.6. The molecule has 0 unspecified atom stereocenters. The summed E-state index contributed by atoms with van der Waals surface area (Å²) in [5, 5.41) is 0. The van der Waals surface area contributed by atoms with E-state index in [1.807, 2.05) is 20.8 Å². The van der Waals surface area contributed by atoms with E-state index >= 15 is 0 Å². The Morgan fingerprint density at radius 2 is 1.02 bits per heavy atom. The quantitative estimate of drug-likeness (QED) is 0.157. The van der Waals surface area contributed by atoms with Gasteiger partial charge < -0.3 is 18.9 Å². The third-order valence-electron chi connectivity index (χ3n) is 12.6. The van der Waals surface area contributed by atoms with Gasteiger partial charge in [0.1, 0.15) is 22.4 Å². The number of esters is 4. The smallest absolute Gasteiger partial charge is 0.339 e. The van der Waals surface area contributed by atoms with Crippen molar-refractivity contribution in [1.82, 2.24) is 0 Å². The van der Waals surface area contributed by atoms with Gasteiger partial charge >= 0.3 is 23.9 Å². The van der Waals surface area contributed by atoms with E-state index in [4.69, 9.17) is 18.9 Å². The van der Waals surface area contributed by atoms with Crippen LogP contribution >= 0.6 is 0 Å². The Morgan fingerprint density at radius 1 is 0.556 bits per heavy atom.